The third-order valence-corrected chi connectivity index (χ3v) is 5.43. The lowest BCUT2D eigenvalue weighted by atomic mass is 9.78. The van der Waals surface area contributed by atoms with Gasteiger partial charge in [0.2, 0.25) is 5.91 Å². The van der Waals surface area contributed by atoms with Crippen molar-refractivity contribution >= 4 is 12.0 Å². The van der Waals surface area contributed by atoms with E-state index in [1.807, 2.05) is 29.2 Å². The van der Waals surface area contributed by atoms with Crippen LogP contribution in [0.4, 0.5) is 0 Å². The minimum Gasteiger partial charge on any atom is -0.496 e. The van der Waals surface area contributed by atoms with Crippen molar-refractivity contribution in [2.24, 2.45) is 5.41 Å². The molecule has 1 spiro atoms. The standard InChI is InChI=1S/C20H28N2O3/c1-25-18-8-3-2-6-17(18)7-4-11-21-13-10-20(16-21)9-5-12-22(14-15-23)19(20)24/h2-4,6-8,23H,5,9-16H2,1H3/b7-4+/t20-/m0/s1. The molecule has 1 amide bonds. The summed E-state index contributed by atoms with van der Waals surface area (Å²) < 4.78 is 5.37. The number of hydrogen-bond acceptors (Lipinski definition) is 4. The highest BCUT2D eigenvalue weighted by Gasteiger charge is 2.47. The van der Waals surface area contributed by atoms with E-state index in [0.29, 0.717) is 6.54 Å². The Kier molecular flexibility index (Phi) is 5.76. The van der Waals surface area contributed by atoms with E-state index >= 15 is 0 Å². The van der Waals surface area contributed by atoms with Crippen LogP contribution in [0.25, 0.3) is 6.08 Å². The molecular formula is C20H28N2O3. The lowest BCUT2D eigenvalue weighted by Gasteiger charge is -2.39. The lowest BCUT2D eigenvalue weighted by Crippen LogP contribution is -2.50. The van der Waals surface area contributed by atoms with Crippen LogP contribution in [-0.4, -0.2) is 67.3 Å². The number of hydrogen-bond donors (Lipinski definition) is 1. The van der Waals surface area contributed by atoms with Gasteiger partial charge in [0.05, 0.1) is 19.1 Å². The maximum atomic E-state index is 12.8. The molecule has 2 saturated heterocycles. The molecule has 1 aromatic rings. The van der Waals surface area contributed by atoms with E-state index in [1.54, 1.807) is 7.11 Å². The molecule has 1 N–H and O–H groups in total. The molecule has 136 valence electrons. The van der Waals surface area contributed by atoms with E-state index in [4.69, 9.17) is 9.84 Å². The first-order chi connectivity index (χ1) is 12.2. The van der Waals surface area contributed by atoms with Crippen molar-refractivity contribution in [2.45, 2.75) is 19.3 Å². The monoisotopic (exact) mass is 344 g/mol. The summed E-state index contributed by atoms with van der Waals surface area (Å²) >= 11 is 0. The largest absolute Gasteiger partial charge is 0.496 e. The molecule has 5 heteroatoms. The molecule has 0 aromatic heterocycles. The molecule has 2 aliphatic heterocycles. The van der Waals surface area contributed by atoms with Gasteiger partial charge in [-0.1, -0.05) is 30.4 Å². The number of methoxy groups -OCH3 is 1. The van der Waals surface area contributed by atoms with Crippen molar-refractivity contribution in [3.63, 3.8) is 0 Å². The highest BCUT2D eigenvalue weighted by molar-refractivity contribution is 5.84. The van der Waals surface area contributed by atoms with Gasteiger partial charge >= 0.3 is 0 Å². The second-order valence-electron chi connectivity index (χ2n) is 7.03. The summed E-state index contributed by atoms with van der Waals surface area (Å²) in [5.74, 6) is 1.11. The molecule has 3 rings (SSSR count). The second-order valence-corrected chi connectivity index (χ2v) is 7.03. The van der Waals surface area contributed by atoms with E-state index in [2.05, 4.69) is 17.1 Å². The first-order valence-corrected chi connectivity index (χ1v) is 9.11. The van der Waals surface area contributed by atoms with Gasteiger partial charge in [-0.05, 0) is 31.9 Å². The van der Waals surface area contributed by atoms with Gasteiger partial charge in [0.15, 0.2) is 0 Å². The molecule has 0 bridgehead atoms. The van der Waals surface area contributed by atoms with Gasteiger partial charge in [-0.3, -0.25) is 9.69 Å². The zero-order valence-corrected chi connectivity index (χ0v) is 15.0. The van der Waals surface area contributed by atoms with Crippen LogP contribution in [0.2, 0.25) is 0 Å². The number of piperidine rings is 1. The Labute approximate surface area is 149 Å². The Hall–Kier alpha value is -1.85. The first-order valence-electron chi connectivity index (χ1n) is 9.11. The van der Waals surface area contributed by atoms with Crippen LogP contribution in [0.1, 0.15) is 24.8 Å². The van der Waals surface area contributed by atoms with Crippen LogP contribution in [0.3, 0.4) is 0 Å². The number of carbonyl (C=O) groups excluding carboxylic acids is 1. The van der Waals surface area contributed by atoms with Crippen LogP contribution in [0, 0.1) is 5.41 Å². The van der Waals surface area contributed by atoms with Crippen molar-refractivity contribution in [1.29, 1.82) is 0 Å². The zero-order valence-electron chi connectivity index (χ0n) is 15.0. The molecule has 0 radical (unpaired) electrons. The third-order valence-electron chi connectivity index (χ3n) is 5.43. The van der Waals surface area contributed by atoms with E-state index < -0.39 is 0 Å². The first kappa shape index (κ1) is 18.0. The average molecular weight is 344 g/mol. The quantitative estimate of drug-likeness (QED) is 0.858. The van der Waals surface area contributed by atoms with E-state index in [1.165, 1.54) is 0 Å². The number of nitrogens with zero attached hydrogens (tertiary/aromatic N) is 2. The number of para-hydroxylation sites is 1. The number of aliphatic hydroxyl groups is 1. The second kappa shape index (κ2) is 8.02. The van der Waals surface area contributed by atoms with Gasteiger partial charge in [-0.25, -0.2) is 0 Å². The summed E-state index contributed by atoms with van der Waals surface area (Å²) in [5, 5.41) is 9.16. The maximum absolute atomic E-state index is 12.8. The smallest absolute Gasteiger partial charge is 0.230 e. The SMILES string of the molecule is COc1ccccc1/C=C/CN1CC[C@@]2(CCCN(CCO)C2=O)C1. The van der Waals surface area contributed by atoms with E-state index in [0.717, 1.165) is 56.8 Å². The van der Waals surface area contributed by atoms with Crippen molar-refractivity contribution in [1.82, 2.24) is 9.80 Å². The molecule has 1 atom stereocenters. The van der Waals surface area contributed by atoms with Crippen LogP contribution < -0.4 is 4.74 Å². The summed E-state index contributed by atoms with van der Waals surface area (Å²) in [6, 6.07) is 7.97. The molecule has 2 fully saturated rings. The number of benzene rings is 1. The van der Waals surface area contributed by atoms with Crippen molar-refractivity contribution in [3.05, 3.63) is 35.9 Å². The average Bonchev–Trinajstić information content (AvgIpc) is 3.04. The topological polar surface area (TPSA) is 53.0 Å². The Morgan fingerprint density at radius 1 is 1.28 bits per heavy atom. The maximum Gasteiger partial charge on any atom is 0.230 e. The van der Waals surface area contributed by atoms with E-state index in [9.17, 15) is 4.79 Å². The fourth-order valence-electron chi connectivity index (χ4n) is 4.11. The lowest BCUT2D eigenvalue weighted by molar-refractivity contribution is -0.146. The van der Waals surface area contributed by atoms with Gasteiger partial charge < -0.3 is 14.7 Å². The van der Waals surface area contributed by atoms with Gasteiger partial charge in [0, 0.05) is 31.7 Å². The number of amides is 1. The molecule has 2 aliphatic rings. The molecule has 0 aliphatic carbocycles. The molecule has 0 unspecified atom stereocenters. The molecule has 0 saturated carbocycles. The highest BCUT2D eigenvalue weighted by Crippen LogP contribution is 2.39. The van der Waals surface area contributed by atoms with Crippen LogP contribution >= 0.6 is 0 Å². The highest BCUT2D eigenvalue weighted by atomic mass is 16.5. The Morgan fingerprint density at radius 2 is 2.12 bits per heavy atom. The Morgan fingerprint density at radius 3 is 2.92 bits per heavy atom. The number of ether oxygens (including phenoxy) is 1. The van der Waals surface area contributed by atoms with Crippen molar-refractivity contribution in [2.75, 3.05) is 46.4 Å². The van der Waals surface area contributed by atoms with Crippen LogP contribution in [0.15, 0.2) is 30.3 Å². The number of β-amino-alcohol motifs (C(OH)–C–C–N with tert-alkyl or cyclic N) is 1. The third kappa shape index (κ3) is 3.88. The zero-order chi connectivity index (χ0) is 17.7. The summed E-state index contributed by atoms with van der Waals surface area (Å²) in [6.45, 7) is 3.92. The van der Waals surface area contributed by atoms with Crippen LogP contribution in [-0.2, 0) is 4.79 Å². The number of likely N-dealkylation sites (tertiary alicyclic amines) is 2. The Bertz CT molecular complexity index is 629. The van der Waals surface area contributed by atoms with Crippen molar-refractivity contribution in [3.8, 4) is 5.75 Å². The number of carbonyl (C=O) groups is 1. The van der Waals surface area contributed by atoms with E-state index in [-0.39, 0.29) is 17.9 Å². The normalized spacial score (nSPS) is 24.6. The van der Waals surface area contributed by atoms with Gasteiger partial charge in [0.25, 0.3) is 0 Å². The summed E-state index contributed by atoms with van der Waals surface area (Å²) in [5.41, 5.74) is 0.841. The minimum absolute atomic E-state index is 0.0488. The fourth-order valence-corrected chi connectivity index (χ4v) is 4.11. The number of aliphatic hydroxyl groups excluding tert-OH is 1. The molecule has 5 nitrogen and oxygen atoms in total. The molecule has 2 heterocycles. The molecule has 25 heavy (non-hydrogen) atoms. The van der Waals surface area contributed by atoms with Crippen LogP contribution in [0.5, 0.6) is 5.75 Å². The fraction of sp³-hybridized carbons (Fsp3) is 0.550. The summed E-state index contributed by atoms with van der Waals surface area (Å²) in [7, 11) is 1.68. The number of rotatable bonds is 6. The summed E-state index contributed by atoms with van der Waals surface area (Å²) in [4.78, 5) is 17.0. The summed E-state index contributed by atoms with van der Waals surface area (Å²) in [6.07, 6.45) is 7.17. The Balaban J connectivity index is 1.59. The molecule has 1 aromatic carbocycles. The van der Waals surface area contributed by atoms with Gasteiger partial charge in [-0.2, -0.15) is 0 Å². The minimum atomic E-state index is -0.230. The van der Waals surface area contributed by atoms with Gasteiger partial charge in [-0.15, -0.1) is 0 Å². The predicted octanol–water partition coefficient (Wildman–Crippen LogP) is 2.02. The molecular weight excluding hydrogens is 316 g/mol. The van der Waals surface area contributed by atoms with Gasteiger partial charge in [0.1, 0.15) is 5.75 Å². The van der Waals surface area contributed by atoms with Crippen molar-refractivity contribution < 1.29 is 14.6 Å². The predicted molar refractivity (Wildman–Crippen MR) is 98.4 cm³/mol.